The summed E-state index contributed by atoms with van der Waals surface area (Å²) in [6, 6.07) is 4.91. The zero-order valence-electron chi connectivity index (χ0n) is 12.4. The summed E-state index contributed by atoms with van der Waals surface area (Å²) in [6.45, 7) is 0. The molecule has 1 aromatic rings. The van der Waals surface area contributed by atoms with Crippen LogP contribution in [0, 0.1) is 17.8 Å². The molecule has 3 rings (SSSR count). The molecule has 0 aromatic carbocycles. The highest BCUT2D eigenvalue weighted by atomic mass is 32.1. The third-order valence-corrected chi connectivity index (χ3v) is 6.58. The van der Waals surface area contributed by atoms with E-state index >= 15 is 0 Å². The molecule has 4 unspecified atom stereocenters. The summed E-state index contributed by atoms with van der Waals surface area (Å²) < 4.78 is 0. The van der Waals surface area contributed by atoms with Crippen LogP contribution in [-0.4, -0.2) is 6.04 Å². The van der Waals surface area contributed by atoms with Gasteiger partial charge in [0.05, 0.1) is 0 Å². The van der Waals surface area contributed by atoms with Gasteiger partial charge in [0.1, 0.15) is 0 Å². The highest BCUT2D eigenvalue weighted by molar-refractivity contribution is 7.09. The van der Waals surface area contributed by atoms with Crippen molar-refractivity contribution in [2.24, 2.45) is 23.6 Å². The summed E-state index contributed by atoms with van der Waals surface area (Å²) in [6.07, 6.45) is 12.5. The fourth-order valence-electron chi connectivity index (χ4n) is 4.48. The number of nitrogens with one attached hydrogen (secondary N) is 1. The molecule has 20 heavy (non-hydrogen) atoms. The molecule has 3 N–H and O–H groups in total. The van der Waals surface area contributed by atoms with E-state index in [-0.39, 0.29) is 0 Å². The number of nitrogens with two attached hydrogens (primary N) is 1. The Morgan fingerprint density at radius 2 is 2.05 bits per heavy atom. The molecule has 0 saturated heterocycles. The number of hydrogen-bond donors (Lipinski definition) is 2. The molecule has 1 heterocycles. The maximum Gasteiger partial charge on any atom is 0.0242 e. The highest BCUT2D eigenvalue weighted by Gasteiger charge is 2.34. The SMILES string of the molecule is NNC(CCc1cccs1)C1CCC2CCCCC2C1. The lowest BCUT2D eigenvalue weighted by molar-refractivity contribution is 0.107. The number of rotatable bonds is 5. The molecule has 2 fully saturated rings. The van der Waals surface area contributed by atoms with Gasteiger partial charge in [-0.15, -0.1) is 11.3 Å². The van der Waals surface area contributed by atoms with E-state index in [9.17, 15) is 0 Å². The van der Waals surface area contributed by atoms with Gasteiger partial charge in [0.15, 0.2) is 0 Å². The van der Waals surface area contributed by atoms with Crippen molar-refractivity contribution >= 4 is 11.3 Å². The molecule has 0 aliphatic heterocycles. The van der Waals surface area contributed by atoms with E-state index in [1.54, 1.807) is 0 Å². The van der Waals surface area contributed by atoms with E-state index in [0.717, 1.165) is 17.8 Å². The molecule has 2 aliphatic rings. The van der Waals surface area contributed by atoms with Crippen molar-refractivity contribution in [1.82, 2.24) is 5.43 Å². The van der Waals surface area contributed by atoms with Crippen LogP contribution in [0.2, 0.25) is 0 Å². The summed E-state index contributed by atoms with van der Waals surface area (Å²) in [4.78, 5) is 1.50. The first kappa shape index (κ1) is 14.6. The van der Waals surface area contributed by atoms with E-state index in [0.29, 0.717) is 6.04 Å². The normalized spacial score (nSPS) is 31.8. The van der Waals surface area contributed by atoms with E-state index in [1.807, 2.05) is 11.3 Å². The molecule has 112 valence electrons. The van der Waals surface area contributed by atoms with Crippen LogP contribution in [-0.2, 0) is 6.42 Å². The lowest BCUT2D eigenvalue weighted by Crippen LogP contribution is -2.44. The summed E-state index contributed by atoms with van der Waals surface area (Å²) >= 11 is 1.87. The Morgan fingerprint density at radius 3 is 2.80 bits per heavy atom. The average molecular weight is 292 g/mol. The standard InChI is InChI=1S/C17H28N2S/c18-19-17(10-9-16-6-3-11-20-16)15-8-7-13-4-1-2-5-14(13)12-15/h3,6,11,13-15,17,19H,1-2,4-5,7-10,12,18H2. The van der Waals surface area contributed by atoms with Crippen LogP contribution in [0.15, 0.2) is 17.5 Å². The Bertz CT molecular complexity index is 390. The number of hydrazine groups is 1. The Hall–Kier alpha value is -0.380. The molecule has 3 heteroatoms. The van der Waals surface area contributed by atoms with E-state index < -0.39 is 0 Å². The molecule has 0 amide bonds. The maximum atomic E-state index is 5.86. The van der Waals surface area contributed by atoms with Gasteiger partial charge in [-0.25, -0.2) is 0 Å². The fourth-order valence-corrected chi connectivity index (χ4v) is 5.21. The Labute approximate surface area is 127 Å². The fraction of sp³-hybridized carbons (Fsp3) is 0.765. The second kappa shape index (κ2) is 7.06. The first-order valence-corrected chi connectivity index (χ1v) is 9.23. The summed E-state index contributed by atoms with van der Waals surface area (Å²) in [7, 11) is 0. The molecule has 2 saturated carbocycles. The molecule has 1 aromatic heterocycles. The quantitative estimate of drug-likeness (QED) is 0.633. The van der Waals surface area contributed by atoms with Crippen LogP contribution >= 0.6 is 11.3 Å². The van der Waals surface area contributed by atoms with Gasteiger partial charge in [0.2, 0.25) is 0 Å². The van der Waals surface area contributed by atoms with Crippen molar-refractivity contribution in [1.29, 1.82) is 0 Å². The minimum Gasteiger partial charge on any atom is -0.271 e. The second-order valence-electron chi connectivity index (χ2n) is 6.77. The van der Waals surface area contributed by atoms with Crippen molar-refractivity contribution in [2.45, 2.75) is 63.8 Å². The van der Waals surface area contributed by atoms with Gasteiger partial charge in [-0.1, -0.05) is 31.7 Å². The van der Waals surface area contributed by atoms with Gasteiger partial charge < -0.3 is 0 Å². The molecule has 4 atom stereocenters. The Kier molecular flexibility index (Phi) is 5.14. The van der Waals surface area contributed by atoms with Gasteiger partial charge in [0, 0.05) is 10.9 Å². The Morgan fingerprint density at radius 1 is 1.20 bits per heavy atom. The van der Waals surface area contributed by atoms with Gasteiger partial charge in [0.25, 0.3) is 0 Å². The largest absolute Gasteiger partial charge is 0.271 e. The summed E-state index contributed by atoms with van der Waals surface area (Å²) in [5.74, 6) is 8.71. The lowest BCUT2D eigenvalue weighted by atomic mass is 9.66. The van der Waals surface area contributed by atoms with Gasteiger partial charge in [-0.2, -0.15) is 0 Å². The first-order chi connectivity index (χ1) is 9.86. The minimum atomic E-state index is 0.514. The second-order valence-corrected chi connectivity index (χ2v) is 7.80. The lowest BCUT2D eigenvalue weighted by Gasteiger charge is -2.41. The third kappa shape index (κ3) is 3.44. The number of fused-ring (bicyclic) bond motifs is 1. The van der Waals surface area contributed by atoms with E-state index in [2.05, 4.69) is 22.9 Å². The van der Waals surface area contributed by atoms with Crippen molar-refractivity contribution in [2.75, 3.05) is 0 Å². The van der Waals surface area contributed by atoms with Crippen molar-refractivity contribution in [3.63, 3.8) is 0 Å². The van der Waals surface area contributed by atoms with Crippen LogP contribution in [0.4, 0.5) is 0 Å². The maximum absolute atomic E-state index is 5.86. The average Bonchev–Trinajstić information content (AvgIpc) is 3.01. The molecular weight excluding hydrogens is 264 g/mol. The molecule has 2 nitrogen and oxygen atoms in total. The smallest absolute Gasteiger partial charge is 0.0242 e. The molecule has 0 bridgehead atoms. The van der Waals surface area contributed by atoms with E-state index in [1.165, 1.54) is 62.7 Å². The van der Waals surface area contributed by atoms with E-state index in [4.69, 9.17) is 5.84 Å². The van der Waals surface area contributed by atoms with Crippen LogP contribution in [0.1, 0.15) is 56.2 Å². The molecule has 2 aliphatic carbocycles. The topological polar surface area (TPSA) is 38.0 Å². The van der Waals surface area contributed by atoms with Gasteiger partial charge in [-0.3, -0.25) is 11.3 Å². The van der Waals surface area contributed by atoms with Crippen molar-refractivity contribution in [3.8, 4) is 0 Å². The van der Waals surface area contributed by atoms with Crippen molar-refractivity contribution in [3.05, 3.63) is 22.4 Å². The molecular formula is C17H28N2S. The number of thiophene rings is 1. The van der Waals surface area contributed by atoms with Crippen LogP contribution in [0.25, 0.3) is 0 Å². The monoisotopic (exact) mass is 292 g/mol. The zero-order chi connectivity index (χ0) is 13.8. The predicted molar refractivity (Wildman–Crippen MR) is 86.5 cm³/mol. The Balaban J connectivity index is 1.53. The molecule has 0 radical (unpaired) electrons. The molecule has 0 spiro atoms. The third-order valence-electron chi connectivity index (χ3n) is 5.65. The first-order valence-electron chi connectivity index (χ1n) is 8.35. The van der Waals surface area contributed by atoms with Gasteiger partial charge in [-0.05, 0) is 61.3 Å². The minimum absolute atomic E-state index is 0.514. The van der Waals surface area contributed by atoms with Crippen LogP contribution in [0.5, 0.6) is 0 Å². The van der Waals surface area contributed by atoms with Crippen LogP contribution < -0.4 is 11.3 Å². The van der Waals surface area contributed by atoms with Crippen LogP contribution in [0.3, 0.4) is 0 Å². The summed E-state index contributed by atoms with van der Waals surface area (Å²) in [5.41, 5.74) is 3.13. The number of hydrogen-bond acceptors (Lipinski definition) is 3. The zero-order valence-corrected chi connectivity index (χ0v) is 13.2. The predicted octanol–water partition coefficient (Wildman–Crippen LogP) is 4.12. The number of aryl methyl sites for hydroxylation is 1. The van der Waals surface area contributed by atoms with Gasteiger partial charge >= 0.3 is 0 Å². The highest BCUT2D eigenvalue weighted by Crippen LogP contribution is 2.43. The van der Waals surface area contributed by atoms with Crippen molar-refractivity contribution < 1.29 is 0 Å². The summed E-state index contributed by atoms with van der Waals surface area (Å²) in [5, 5.41) is 2.17.